The summed E-state index contributed by atoms with van der Waals surface area (Å²) in [6.07, 6.45) is 4.00. The molecule has 1 saturated carbocycles. The first kappa shape index (κ1) is 18.1. The monoisotopic (exact) mass is 359 g/mol. The molecule has 2 heterocycles. The summed E-state index contributed by atoms with van der Waals surface area (Å²) < 4.78 is 34.3. The molecule has 2 saturated heterocycles. The molecule has 7 nitrogen and oxygen atoms in total. The third kappa shape index (κ3) is 3.92. The highest BCUT2D eigenvalue weighted by Gasteiger charge is 2.47. The van der Waals surface area contributed by atoms with Gasteiger partial charge in [-0.05, 0) is 43.4 Å². The molecule has 1 N–H and O–H groups in total. The molecule has 3 fully saturated rings. The van der Waals surface area contributed by atoms with Gasteiger partial charge in [-0.15, -0.1) is 0 Å². The minimum absolute atomic E-state index is 0.0456. The molecule has 24 heavy (non-hydrogen) atoms. The van der Waals surface area contributed by atoms with Gasteiger partial charge < -0.3 is 10.1 Å². The summed E-state index contributed by atoms with van der Waals surface area (Å²) in [4.78, 5) is 11.4. The Hall–Kier alpha value is -0.700. The molecule has 2 atom stereocenters. The second-order valence-electron chi connectivity index (χ2n) is 7.43. The Kier molecular flexibility index (Phi) is 5.48. The Balaban J connectivity index is 1.63. The number of rotatable bonds is 6. The molecular formula is C16H29N3O4S. The number of nitrogens with zero attached hydrogens (tertiary/aromatic N) is 2. The summed E-state index contributed by atoms with van der Waals surface area (Å²) in [5, 5.41) is 2.96. The van der Waals surface area contributed by atoms with Gasteiger partial charge in [0.25, 0.3) is 10.2 Å². The fraction of sp³-hybridized carbons (Fsp3) is 0.938. The van der Waals surface area contributed by atoms with Crippen molar-refractivity contribution in [2.75, 3.05) is 39.9 Å². The fourth-order valence-corrected chi connectivity index (χ4v) is 5.81. The molecule has 2 aliphatic heterocycles. The van der Waals surface area contributed by atoms with Crippen LogP contribution in [0.25, 0.3) is 0 Å². The maximum absolute atomic E-state index is 13.0. The van der Waals surface area contributed by atoms with Crippen molar-refractivity contribution in [2.24, 2.45) is 17.8 Å². The molecule has 3 rings (SSSR count). The van der Waals surface area contributed by atoms with Gasteiger partial charge in [0.1, 0.15) is 0 Å². The van der Waals surface area contributed by atoms with Crippen LogP contribution in [0.15, 0.2) is 0 Å². The summed E-state index contributed by atoms with van der Waals surface area (Å²) >= 11 is 0. The number of piperidine rings is 1. The SMILES string of the molecule is COCC1CCN(S(=O)(=O)N2C[C@H](NC(C)=O)[C@@H](C3CC3)C2)CC1. The lowest BCUT2D eigenvalue weighted by Gasteiger charge is -2.33. The van der Waals surface area contributed by atoms with Gasteiger partial charge in [-0.25, -0.2) is 0 Å². The summed E-state index contributed by atoms with van der Waals surface area (Å²) in [7, 11) is -1.74. The lowest BCUT2D eigenvalue weighted by Crippen LogP contribution is -2.47. The first-order chi connectivity index (χ1) is 11.4. The summed E-state index contributed by atoms with van der Waals surface area (Å²) in [6.45, 7) is 4.27. The molecular weight excluding hydrogens is 330 g/mol. The molecule has 8 heteroatoms. The highest BCUT2D eigenvalue weighted by Crippen LogP contribution is 2.42. The molecule has 0 aromatic rings. The van der Waals surface area contributed by atoms with Crippen LogP contribution in [0, 0.1) is 17.8 Å². The quantitative estimate of drug-likeness (QED) is 0.746. The number of hydrogen-bond acceptors (Lipinski definition) is 4. The van der Waals surface area contributed by atoms with Gasteiger partial charge in [0.15, 0.2) is 0 Å². The van der Waals surface area contributed by atoms with E-state index in [0.29, 0.717) is 44.6 Å². The molecule has 1 amide bonds. The number of carbonyl (C=O) groups excluding carboxylic acids is 1. The van der Waals surface area contributed by atoms with Crippen molar-refractivity contribution in [3.63, 3.8) is 0 Å². The van der Waals surface area contributed by atoms with E-state index in [2.05, 4.69) is 5.32 Å². The van der Waals surface area contributed by atoms with Crippen LogP contribution in [0.4, 0.5) is 0 Å². The number of methoxy groups -OCH3 is 1. The fourth-order valence-electron chi connectivity index (χ4n) is 4.10. The second kappa shape index (κ2) is 7.27. The Labute approximate surface area is 144 Å². The van der Waals surface area contributed by atoms with Gasteiger partial charge >= 0.3 is 0 Å². The van der Waals surface area contributed by atoms with Crippen LogP contribution in [0.5, 0.6) is 0 Å². The Morgan fingerprint density at radius 2 is 1.79 bits per heavy atom. The van der Waals surface area contributed by atoms with Crippen LogP contribution in [0.1, 0.15) is 32.6 Å². The van der Waals surface area contributed by atoms with E-state index in [1.807, 2.05) is 0 Å². The van der Waals surface area contributed by atoms with E-state index < -0.39 is 10.2 Å². The Morgan fingerprint density at radius 3 is 2.33 bits per heavy atom. The van der Waals surface area contributed by atoms with Crippen molar-refractivity contribution in [3.05, 3.63) is 0 Å². The van der Waals surface area contributed by atoms with E-state index in [0.717, 1.165) is 25.7 Å². The number of carbonyl (C=O) groups is 1. The molecule has 138 valence electrons. The first-order valence-electron chi connectivity index (χ1n) is 8.93. The minimum atomic E-state index is -3.43. The average Bonchev–Trinajstić information content (AvgIpc) is 3.29. The van der Waals surface area contributed by atoms with Gasteiger partial charge in [-0.2, -0.15) is 17.0 Å². The Morgan fingerprint density at radius 1 is 1.12 bits per heavy atom. The molecule has 0 unspecified atom stereocenters. The number of nitrogens with one attached hydrogen (secondary N) is 1. The minimum Gasteiger partial charge on any atom is -0.384 e. The average molecular weight is 359 g/mol. The lowest BCUT2D eigenvalue weighted by molar-refractivity contribution is -0.119. The van der Waals surface area contributed by atoms with Gasteiger partial charge in [0.2, 0.25) is 5.91 Å². The molecule has 0 aromatic heterocycles. The number of amides is 1. The van der Waals surface area contributed by atoms with Crippen LogP contribution in [0.2, 0.25) is 0 Å². The topological polar surface area (TPSA) is 79.0 Å². The molecule has 0 spiro atoms. The van der Waals surface area contributed by atoms with E-state index in [1.54, 1.807) is 15.7 Å². The smallest absolute Gasteiger partial charge is 0.282 e. The van der Waals surface area contributed by atoms with Crippen LogP contribution in [-0.2, 0) is 19.7 Å². The summed E-state index contributed by atoms with van der Waals surface area (Å²) in [5.74, 6) is 1.20. The van der Waals surface area contributed by atoms with E-state index in [-0.39, 0.29) is 17.9 Å². The highest BCUT2D eigenvalue weighted by atomic mass is 32.2. The molecule has 1 aliphatic carbocycles. The van der Waals surface area contributed by atoms with Crippen LogP contribution >= 0.6 is 0 Å². The summed E-state index contributed by atoms with van der Waals surface area (Å²) in [5.41, 5.74) is 0. The van der Waals surface area contributed by atoms with Crippen molar-refractivity contribution >= 4 is 16.1 Å². The van der Waals surface area contributed by atoms with Crippen molar-refractivity contribution < 1.29 is 17.9 Å². The lowest BCUT2D eigenvalue weighted by atomic mass is 9.98. The van der Waals surface area contributed by atoms with Gasteiger partial charge in [-0.3, -0.25) is 4.79 Å². The number of ether oxygens (including phenoxy) is 1. The van der Waals surface area contributed by atoms with Crippen LogP contribution in [-0.4, -0.2) is 68.9 Å². The summed E-state index contributed by atoms with van der Waals surface area (Å²) in [6, 6.07) is -0.0456. The predicted octanol–water partition coefficient (Wildman–Crippen LogP) is 0.436. The van der Waals surface area contributed by atoms with Crippen molar-refractivity contribution in [2.45, 2.75) is 38.6 Å². The standard InChI is InChI=1S/C16H29N3O4S/c1-12(20)17-16-10-19(9-15(16)14-3-4-14)24(21,22)18-7-5-13(6-8-18)11-23-2/h13-16H,3-11H2,1-2H3,(H,17,20)/t15-,16+/m1/s1. The van der Waals surface area contributed by atoms with Crippen LogP contribution < -0.4 is 5.32 Å². The van der Waals surface area contributed by atoms with E-state index in [1.165, 1.54) is 6.92 Å². The predicted molar refractivity (Wildman–Crippen MR) is 90.5 cm³/mol. The second-order valence-corrected chi connectivity index (χ2v) is 9.36. The molecule has 3 aliphatic rings. The number of hydrogen-bond donors (Lipinski definition) is 1. The molecule has 0 aromatic carbocycles. The zero-order valence-corrected chi connectivity index (χ0v) is 15.4. The Bertz CT molecular complexity index is 556. The van der Waals surface area contributed by atoms with Crippen molar-refractivity contribution in [1.82, 2.24) is 13.9 Å². The largest absolute Gasteiger partial charge is 0.384 e. The van der Waals surface area contributed by atoms with Crippen molar-refractivity contribution in [3.8, 4) is 0 Å². The van der Waals surface area contributed by atoms with Gasteiger partial charge in [0, 0.05) is 52.9 Å². The third-order valence-corrected chi connectivity index (χ3v) is 7.54. The highest BCUT2D eigenvalue weighted by molar-refractivity contribution is 7.86. The maximum Gasteiger partial charge on any atom is 0.282 e. The maximum atomic E-state index is 13.0. The van der Waals surface area contributed by atoms with E-state index in [4.69, 9.17) is 4.74 Å². The van der Waals surface area contributed by atoms with Crippen LogP contribution in [0.3, 0.4) is 0 Å². The first-order valence-corrected chi connectivity index (χ1v) is 10.3. The van der Waals surface area contributed by atoms with E-state index >= 15 is 0 Å². The third-order valence-electron chi connectivity index (χ3n) is 5.58. The molecule has 0 bridgehead atoms. The van der Waals surface area contributed by atoms with Gasteiger partial charge in [-0.1, -0.05) is 0 Å². The zero-order chi connectivity index (χ0) is 17.3. The zero-order valence-electron chi connectivity index (χ0n) is 14.6. The normalized spacial score (nSPS) is 30.6. The van der Waals surface area contributed by atoms with E-state index in [9.17, 15) is 13.2 Å². The van der Waals surface area contributed by atoms with Crippen molar-refractivity contribution in [1.29, 1.82) is 0 Å². The van der Waals surface area contributed by atoms with Gasteiger partial charge in [0.05, 0.1) is 0 Å². The molecule has 0 radical (unpaired) electrons.